The highest BCUT2D eigenvalue weighted by molar-refractivity contribution is 6.32. The third-order valence-corrected chi connectivity index (χ3v) is 9.33. The van der Waals surface area contributed by atoms with E-state index in [1.807, 2.05) is 17.9 Å². The topological polar surface area (TPSA) is 38.1 Å². The smallest absolute Gasteiger partial charge is 0.230 e. The predicted molar refractivity (Wildman–Crippen MR) is 138 cm³/mol. The summed E-state index contributed by atoms with van der Waals surface area (Å²) < 4.78 is 16.3. The van der Waals surface area contributed by atoms with E-state index in [0.717, 1.165) is 69.1 Å². The molecule has 1 heterocycles. The predicted octanol–water partition coefficient (Wildman–Crippen LogP) is 4.25. The lowest BCUT2D eigenvalue weighted by atomic mass is 9.69. The molecule has 3 atom stereocenters. The second-order valence-electron chi connectivity index (χ2n) is 11.5. The fourth-order valence-corrected chi connectivity index (χ4v) is 7.25. The van der Waals surface area contributed by atoms with Crippen LogP contribution in [0.25, 0.3) is 0 Å². The van der Waals surface area contributed by atoms with Gasteiger partial charge in [-0.3, -0.25) is 9.48 Å². The van der Waals surface area contributed by atoms with Crippen LogP contribution in [0.2, 0.25) is 0 Å². The lowest BCUT2D eigenvalue weighted by molar-refractivity contribution is -0.132. The van der Waals surface area contributed by atoms with Crippen molar-refractivity contribution in [2.75, 3.05) is 11.4 Å². The Morgan fingerprint density at radius 2 is 2.00 bits per heavy atom. The van der Waals surface area contributed by atoms with Gasteiger partial charge in [0.2, 0.25) is 5.91 Å². The molecule has 6 heteroatoms. The third-order valence-electron chi connectivity index (χ3n) is 9.33. The third kappa shape index (κ3) is 3.91. The molecule has 2 aromatic rings. The Labute approximate surface area is 204 Å². The van der Waals surface area contributed by atoms with E-state index in [0.29, 0.717) is 6.42 Å². The van der Waals surface area contributed by atoms with Gasteiger partial charge in [-0.1, -0.05) is 37.9 Å². The van der Waals surface area contributed by atoms with Gasteiger partial charge in [-0.05, 0) is 75.0 Å². The van der Waals surface area contributed by atoms with Crippen LogP contribution in [-0.4, -0.2) is 36.3 Å². The molecule has 3 saturated carbocycles. The number of carbonyl (C=O) groups excluding carboxylic acids is 1. The Morgan fingerprint density at radius 1 is 1.24 bits per heavy atom. The molecular weight excluding hydrogens is 424 g/mol. The molecule has 1 amide bonds. The minimum Gasteiger partial charge on any atom is -0.312 e. The van der Waals surface area contributed by atoms with Crippen molar-refractivity contribution in [2.24, 2.45) is 24.3 Å². The number of halogens is 1. The van der Waals surface area contributed by atoms with Crippen LogP contribution in [0.1, 0.15) is 76.6 Å². The second-order valence-corrected chi connectivity index (χ2v) is 11.5. The monoisotopic (exact) mass is 463 g/mol. The maximum Gasteiger partial charge on any atom is 0.230 e. The number of benzene rings is 1. The summed E-state index contributed by atoms with van der Waals surface area (Å²) in [6.07, 6.45) is 8.15. The SMILES string of the molecule is Bc1cccc(N(CC23CCC(c4cc(CCC)n(C)n4)(CC2)C3)C(=O)C2CC(F)C2CC)c1. The average molecular weight is 463 g/mol. The van der Waals surface area contributed by atoms with Gasteiger partial charge in [0.1, 0.15) is 14.0 Å². The van der Waals surface area contributed by atoms with Gasteiger partial charge < -0.3 is 4.90 Å². The largest absolute Gasteiger partial charge is 0.312 e. The summed E-state index contributed by atoms with van der Waals surface area (Å²) in [7, 11) is 4.15. The van der Waals surface area contributed by atoms with E-state index in [1.54, 1.807) is 0 Å². The van der Waals surface area contributed by atoms with E-state index in [-0.39, 0.29) is 28.6 Å². The van der Waals surface area contributed by atoms with E-state index >= 15 is 0 Å². The lowest BCUT2D eigenvalue weighted by Gasteiger charge is -2.43. The van der Waals surface area contributed by atoms with Gasteiger partial charge in [0.15, 0.2) is 0 Å². The lowest BCUT2D eigenvalue weighted by Crippen LogP contribution is -2.51. The summed E-state index contributed by atoms with van der Waals surface area (Å²) in [5.74, 6) is -0.181. The summed E-state index contributed by atoms with van der Waals surface area (Å²) in [5, 5.41) is 4.97. The van der Waals surface area contributed by atoms with Gasteiger partial charge in [0, 0.05) is 42.2 Å². The van der Waals surface area contributed by atoms with Crippen molar-refractivity contribution in [1.82, 2.24) is 9.78 Å². The highest BCUT2D eigenvalue weighted by Crippen LogP contribution is 2.62. The first kappa shape index (κ1) is 23.6. The maximum atomic E-state index is 14.2. The van der Waals surface area contributed by atoms with E-state index in [1.165, 1.54) is 11.4 Å². The molecule has 0 radical (unpaired) electrons. The van der Waals surface area contributed by atoms with Gasteiger partial charge >= 0.3 is 0 Å². The zero-order valence-corrected chi connectivity index (χ0v) is 21.3. The van der Waals surface area contributed by atoms with Gasteiger partial charge in [0.05, 0.1) is 5.69 Å². The molecule has 0 spiro atoms. The summed E-state index contributed by atoms with van der Waals surface area (Å²) in [5.41, 5.74) is 4.99. The number of alkyl halides is 1. The minimum absolute atomic E-state index is 0.127. The first-order chi connectivity index (χ1) is 16.3. The van der Waals surface area contributed by atoms with Crippen molar-refractivity contribution in [1.29, 1.82) is 0 Å². The van der Waals surface area contributed by atoms with Crippen molar-refractivity contribution >= 4 is 24.9 Å². The second kappa shape index (κ2) is 8.84. The number of aryl methyl sites for hydroxylation is 2. The zero-order chi connectivity index (χ0) is 24.1. The fourth-order valence-electron chi connectivity index (χ4n) is 7.25. The average Bonchev–Trinajstić information content (AvgIpc) is 3.49. The molecule has 3 aliphatic carbocycles. The molecule has 1 aromatic heterocycles. The van der Waals surface area contributed by atoms with Crippen LogP contribution in [0.15, 0.2) is 30.3 Å². The summed E-state index contributed by atoms with van der Waals surface area (Å²) in [4.78, 5) is 15.9. The molecule has 0 aliphatic heterocycles. The van der Waals surface area contributed by atoms with E-state index in [2.05, 4.69) is 50.8 Å². The Hall–Kier alpha value is -2.11. The van der Waals surface area contributed by atoms with Crippen molar-refractivity contribution < 1.29 is 9.18 Å². The fraction of sp³-hybridized carbons (Fsp3) is 0.643. The zero-order valence-electron chi connectivity index (χ0n) is 21.3. The molecule has 2 bridgehead atoms. The molecule has 182 valence electrons. The molecule has 5 rings (SSSR count). The van der Waals surface area contributed by atoms with Crippen LogP contribution in [-0.2, 0) is 23.7 Å². The number of rotatable bonds is 8. The Balaban J connectivity index is 1.41. The number of hydrogen-bond acceptors (Lipinski definition) is 2. The summed E-state index contributed by atoms with van der Waals surface area (Å²) >= 11 is 0. The number of aromatic nitrogens is 2. The van der Waals surface area contributed by atoms with Crippen molar-refractivity contribution in [2.45, 2.75) is 83.2 Å². The van der Waals surface area contributed by atoms with Crippen LogP contribution in [0.5, 0.6) is 0 Å². The van der Waals surface area contributed by atoms with E-state index in [9.17, 15) is 9.18 Å². The van der Waals surface area contributed by atoms with E-state index < -0.39 is 6.17 Å². The first-order valence-corrected chi connectivity index (χ1v) is 13.4. The van der Waals surface area contributed by atoms with Crippen LogP contribution in [0, 0.1) is 17.3 Å². The highest BCUT2D eigenvalue weighted by atomic mass is 19.1. The summed E-state index contributed by atoms with van der Waals surface area (Å²) in [6.45, 7) is 4.97. The van der Waals surface area contributed by atoms with Gasteiger partial charge in [0.25, 0.3) is 0 Å². The quantitative estimate of drug-likeness (QED) is 0.549. The van der Waals surface area contributed by atoms with Crippen LogP contribution < -0.4 is 10.4 Å². The molecule has 3 aliphatic rings. The van der Waals surface area contributed by atoms with Crippen LogP contribution >= 0.6 is 0 Å². The summed E-state index contributed by atoms with van der Waals surface area (Å²) in [6, 6.07) is 10.6. The molecule has 4 nitrogen and oxygen atoms in total. The normalized spacial score (nSPS) is 32.1. The molecule has 0 N–H and O–H groups in total. The van der Waals surface area contributed by atoms with Crippen LogP contribution in [0.3, 0.4) is 0 Å². The van der Waals surface area contributed by atoms with Crippen molar-refractivity contribution in [3.8, 4) is 0 Å². The van der Waals surface area contributed by atoms with Gasteiger partial charge in [-0.15, -0.1) is 0 Å². The number of hydrogen-bond donors (Lipinski definition) is 0. The molecule has 34 heavy (non-hydrogen) atoms. The Bertz CT molecular complexity index is 1060. The standard InChI is InChI=1S/C28H39BFN3O/c1-4-7-20-15-25(31-32(20)3)28-12-10-27(17-28,11-13-28)18-33(21-9-6-8-19(29)14-21)26(34)23-16-24(30)22(23)5-2/h6,8-9,14-15,22-24H,4-5,7,10-13,16-18,29H2,1-3H3. The maximum absolute atomic E-state index is 14.2. The molecule has 3 unspecified atom stereocenters. The van der Waals surface area contributed by atoms with Crippen molar-refractivity contribution in [3.05, 3.63) is 41.7 Å². The van der Waals surface area contributed by atoms with Crippen LogP contribution in [0.4, 0.5) is 10.1 Å². The molecule has 1 aromatic carbocycles. The van der Waals surface area contributed by atoms with E-state index in [4.69, 9.17) is 5.10 Å². The van der Waals surface area contributed by atoms with Crippen molar-refractivity contribution in [3.63, 3.8) is 0 Å². The number of amides is 1. The number of fused-ring (bicyclic) bond motifs is 2. The number of nitrogens with zero attached hydrogens (tertiary/aromatic N) is 3. The minimum atomic E-state index is -0.830. The Kier molecular flexibility index (Phi) is 6.14. The molecule has 0 saturated heterocycles. The molecule has 3 fully saturated rings. The van der Waals surface area contributed by atoms with Gasteiger partial charge in [-0.2, -0.15) is 5.10 Å². The number of anilines is 1. The highest BCUT2D eigenvalue weighted by Gasteiger charge is 2.57. The number of carbonyl (C=O) groups is 1. The Morgan fingerprint density at radius 3 is 2.65 bits per heavy atom. The first-order valence-electron chi connectivity index (χ1n) is 13.4. The van der Waals surface area contributed by atoms with Gasteiger partial charge in [-0.25, -0.2) is 4.39 Å². The molecular formula is C28H39BFN3O.